The summed E-state index contributed by atoms with van der Waals surface area (Å²) in [5, 5.41) is 7.88. The van der Waals surface area contributed by atoms with Gasteiger partial charge in [-0.05, 0) is 38.1 Å². The van der Waals surface area contributed by atoms with Crippen molar-refractivity contribution >= 4 is 17.3 Å². The maximum absolute atomic E-state index is 4.71. The number of thiazole rings is 1. The molecule has 148 valence electrons. The molecule has 2 aromatic rings. The van der Waals surface area contributed by atoms with E-state index in [-0.39, 0.29) is 0 Å². The van der Waals surface area contributed by atoms with Crippen LogP contribution in [-0.4, -0.2) is 42.0 Å². The quantitative estimate of drug-likeness (QED) is 0.483. The Morgan fingerprint density at radius 2 is 1.78 bits per heavy atom. The van der Waals surface area contributed by atoms with Gasteiger partial charge in [0, 0.05) is 37.1 Å². The fourth-order valence-electron chi connectivity index (χ4n) is 2.77. The van der Waals surface area contributed by atoms with E-state index in [9.17, 15) is 0 Å². The van der Waals surface area contributed by atoms with Crippen LogP contribution < -0.4 is 10.6 Å². The van der Waals surface area contributed by atoms with Crippen LogP contribution in [0.25, 0.3) is 0 Å². The maximum atomic E-state index is 4.71. The molecule has 0 saturated heterocycles. The van der Waals surface area contributed by atoms with Gasteiger partial charge in [0.05, 0.1) is 11.6 Å². The van der Waals surface area contributed by atoms with Crippen LogP contribution in [0, 0.1) is 6.92 Å². The second-order valence-electron chi connectivity index (χ2n) is 6.51. The minimum atomic E-state index is 0.678. The molecule has 0 radical (unpaired) electrons. The lowest BCUT2D eigenvalue weighted by molar-refractivity contribution is 0.296. The van der Waals surface area contributed by atoms with Gasteiger partial charge in [-0.3, -0.25) is 4.90 Å². The van der Waals surface area contributed by atoms with Crippen LogP contribution in [0.2, 0.25) is 0 Å². The van der Waals surface area contributed by atoms with E-state index in [4.69, 9.17) is 4.99 Å². The van der Waals surface area contributed by atoms with Crippen molar-refractivity contribution in [1.29, 1.82) is 0 Å². The molecule has 5 nitrogen and oxygen atoms in total. The Bertz CT molecular complexity index is 689. The molecule has 0 fully saturated rings. The van der Waals surface area contributed by atoms with Crippen LogP contribution in [0.5, 0.6) is 0 Å². The molecule has 1 aromatic carbocycles. The van der Waals surface area contributed by atoms with E-state index in [1.54, 1.807) is 11.3 Å². The summed E-state index contributed by atoms with van der Waals surface area (Å²) in [6, 6.07) is 8.80. The molecule has 0 amide bonds. The number of benzene rings is 1. The van der Waals surface area contributed by atoms with E-state index < -0.39 is 0 Å². The molecule has 0 bridgehead atoms. The number of hydrogen-bond donors (Lipinski definition) is 2. The summed E-state index contributed by atoms with van der Waals surface area (Å²) in [5.41, 5.74) is 2.58. The van der Waals surface area contributed by atoms with Gasteiger partial charge < -0.3 is 10.6 Å². The maximum Gasteiger partial charge on any atom is 0.191 e. The topological polar surface area (TPSA) is 52.6 Å². The van der Waals surface area contributed by atoms with E-state index >= 15 is 0 Å². The summed E-state index contributed by atoms with van der Waals surface area (Å²) in [6.45, 7) is 14.1. The number of rotatable bonds is 10. The molecule has 0 saturated carbocycles. The van der Waals surface area contributed by atoms with Crippen molar-refractivity contribution in [3.8, 4) is 0 Å². The van der Waals surface area contributed by atoms with Crippen LogP contribution in [0.1, 0.15) is 41.8 Å². The number of hydrogen-bond acceptors (Lipinski definition) is 4. The predicted octanol–water partition coefficient (Wildman–Crippen LogP) is 3.59. The highest BCUT2D eigenvalue weighted by Gasteiger charge is 2.03. The van der Waals surface area contributed by atoms with Crippen molar-refractivity contribution in [2.45, 2.75) is 47.2 Å². The zero-order valence-corrected chi connectivity index (χ0v) is 17.9. The van der Waals surface area contributed by atoms with Crippen molar-refractivity contribution in [2.24, 2.45) is 4.99 Å². The Hall–Kier alpha value is -1.92. The van der Waals surface area contributed by atoms with Crippen molar-refractivity contribution in [3.05, 3.63) is 51.5 Å². The van der Waals surface area contributed by atoms with Gasteiger partial charge in [-0.2, -0.15) is 0 Å². The summed E-state index contributed by atoms with van der Waals surface area (Å²) in [6.07, 6.45) is 2.85. The number of aromatic nitrogens is 1. The van der Waals surface area contributed by atoms with Crippen LogP contribution in [0.3, 0.4) is 0 Å². The lowest BCUT2D eigenvalue weighted by Gasteiger charge is -2.18. The van der Waals surface area contributed by atoms with E-state index in [2.05, 4.69) is 72.5 Å². The summed E-state index contributed by atoms with van der Waals surface area (Å²) in [5.74, 6) is 0.859. The fraction of sp³-hybridized carbons (Fsp3) is 0.524. The Labute approximate surface area is 167 Å². The first-order valence-electron chi connectivity index (χ1n) is 9.88. The molecule has 0 unspecified atom stereocenters. The van der Waals surface area contributed by atoms with Crippen LogP contribution in [0.4, 0.5) is 0 Å². The minimum Gasteiger partial charge on any atom is -0.357 e. The number of nitrogens with one attached hydrogen (secondary N) is 2. The molecule has 6 heteroatoms. The standard InChI is InChI=1S/C21H33N5S/c1-5-22-21(23-13-12-20-24-14-17(4)27-20)25-15-18-8-10-19(11-9-18)16-26(6-2)7-3/h8-11,14H,5-7,12-13,15-16H2,1-4H3,(H2,22,23,25). The first kappa shape index (κ1) is 21.4. The SMILES string of the molecule is CCNC(=NCc1ccc(CN(CC)CC)cc1)NCCc1ncc(C)s1. The van der Waals surface area contributed by atoms with E-state index in [0.717, 1.165) is 45.1 Å². The number of nitrogens with zero attached hydrogens (tertiary/aromatic N) is 3. The van der Waals surface area contributed by atoms with Gasteiger partial charge in [0.15, 0.2) is 5.96 Å². The van der Waals surface area contributed by atoms with Gasteiger partial charge >= 0.3 is 0 Å². The third kappa shape index (κ3) is 7.69. The van der Waals surface area contributed by atoms with Gasteiger partial charge in [-0.1, -0.05) is 38.1 Å². The lowest BCUT2D eigenvalue weighted by atomic mass is 10.1. The molecule has 2 N–H and O–H groups in total. The molecule has 1 aromatic heterocycles. The van der Waals surface area contributed by atoms with Crippen molar-refractivity contribution < 1.29 is 0 Å². The number of guanidine groups is 1. The molecule has 0 aliphatic rings. The molecule has 0 spiro atoms. The summed E-state index contributed by atoms with van der Waals surface area (Å²) in [4.78, 5) is 12.8. The molecule has 0 aliphatic heterocycles. The summed E-state index contributed by atoms with van der Waals surface area (Å²) < 4.78 is 0. The third-order valence-electron chi connectivity index (χ3n) is 4.39. The fourth-order valence-corrected chi connectivity index (χ4v) is 3.56. The predicted molar refractivity (Wildman–Crippen MR) is 116 cm³/mol. The number of aryl methyl sites for hydroxylation is 1. The normalized spacial score (nSPS) is 11.8. The highest BCUT2D eigenvalue weighted by atomic mass is 32.1. The van der Waals surface area contributed by atoms with Gasteiger partial charge in [0.1, 0.15) is 0 Å². The van der Waals surface area contributed by atoms with Crippen LogP contribution in [0.15, 0.2) is 35.5 Å². The summed E-state index contributed by atoms with van der Waals surface area (Å²) >= 11 is 1.76. The molecule has 0 aliphatic carbocycles. The van der Waals surface area contributed by atoms with Gasteiger partial charge in [-0.25, -0.2) is 9.98 Å². The van der Waals surface area contributed by atoms with E-state index in [1.807, 2.05) is 6.20 Å². The van der Waals surface area contributed by atoms with E-state index in [0.29, 0.717) is 6.54 Å². The largest absolute Gasteiger partial charge is 0.357 e. The first-order chi connectivity index (χ1) is 13.1. The lowest BCUT2D eigenvalue weighted by Crippen LogP contribution is -2.38. The first-order valence-corrected chi connectivity index (χ1v) is 10.7. The van der Waals surface area contributed by atoms with Crippen LogP contribution in [-0.2, 0) is 19.5 Å². The zero-order chi connectivity index (χ0) is 19.5. The molecule has 1 heterocycles. The second kappa shape index (κ2) is 11.7. The molecular formula is C21H33N5S. The van der Waals surface area contributed by atoms with Gasteiger partial charge in [0.2, 0.25) is 0 Å². The Morgan fingerprint density at radius 1 is 1.07 bits per heavy atom. The third-order valence-corrected chi connectivity index (χ3v) is 5.36. The highest BCUT2D eigenvalue weighted by Crippen LogP contribution is 2.11. The minimum absolute atomic E-state index is 0.678. The second-order valence-corrected chi connectivity index (χ2v) is 7.83. The zero-order valence-electron chi connectivity index (χ0n) is 17.1. The summed E-state index contributed by atoms with van der Waals surface area (Å²) in [7, 11) is 0. The van der Waals surface area contributed by atoms with E-state index in [1.165, 1.54) is 21.0 Å². The van der Waals surface area contributed by atoms with Crippen LogP contribution >= 0.6 is 11.3 Å². The molecule has 2 rings (SSSR count). The van der Waals surface area contributed by atoms with Gasteiger partial charge in [0.25, 0.3) is 0 Å². The Morgan fingerprint density at radius 3 is 2.37 bits per heavy atom. The Kier molecular flexibility index (Phi) is 9.28. The van der Waals surface area contributed by atoms with Crippen molar-refractivity contribution in [3.63, 3.8) is 0 Å². The van der Waals surface area contributed by atoms with Gasteiger partial charge in [-0.15, -0.1) is 11.3 Å². The monoisotopic (exact) mass is 387 g/mol. The Balaban J connectivity index is 1.85. The average molecular weight is 388 g/mol. The highest BCUT2D eigenvalue weighted by molar-refractivity contribution is 7.11. The average Bonchev–Trinajstić information content (AvgIpc) is 3.10. The van der Waals surface area contributed by atoms with Crippen molar-refractivity contribution in [2.75, 3.05) is 26.2 Å². The van der Waals surface area contributed by atoms with Crippen molar-refractivity contribution in [1.82, 2.24) is 20.5 Å². The smallest absolute Gasteiger partial charge is 0.191 e. The number of aliphatic imine (C=N–C) groups is 1. The molecular weight excluding hydrogens is 354 g/mol. The molecule has 27 heavy (non-hydrogen) atoms. The molecule has 0 atom stereocenters.